The van der Waals surface area contributed by atoms with Gasteiger partial charge in [0.05, 0.1) is 11.0 Å². The Bertz CT molecular complexity index is 746. The van der Waals surface area contributed by atoms with Crippen LogP contribution in [0, 0.1) is 0 Å². The van der Waals surface area contributed by atoms with Crippen molar-refractivity contribution in [1.82, 2.24) is 9.55 Å². The van der Waals surface area contributed by atoms with E-state index in [0.29, 0.717) is 24.7 Å². The molecule has 0 saturated carbocycles. The number of nitrogens with zero attached hydrogens (tertiary/aromatic N) is 2. The molecular weight excluding hydrogens is 284 g/mol. The summed E-state index contributed by atoms with van der Waals surface area (Å²) in [5, 5.41) is 9.61. The van der Waals surface area contributed by atoms with Gasteiger partial charge in [-0.15, -0.1) is 0 Å². The summed E-state index contributed by atoms with van der Waals surface area (Å²) in [7, 11) is 0. The van der Waals surface area contributed by atoms with E-state index in [9.17, 15) is 9.90 Å². The SMILES string of the molecule is CC(C)c1nc2cc3c(cc2n1C(C)(C)C(=O)O)OCCO3. The predicted molar refractivity (Wildman–Crippen MR) is 81.8 cm³/mol. The quantitative estimate of drug-likeness (QED) is 0.944. The first-order valence-electron chi connectivity index (χ1n) is 7.38. The molecule has 0 saturated heterocycles. The van der Waals surface area contributed by atoms with E-state index in [4.69, 9.17) is 9.47 Å². The lowest BCUT2D eigenvalue weighted by atomic mass is 10.0. The molecule has 118 valence electrons. The van der Waals surface area contributed by atoms with E-state index in [-0.39, 0.29) is 5.92 Å². The van der Waals surface area contributed by atoms with E-state index in [2.05, 4.69) is 4.98 Å². The van der Waals surface area contributed by atoms with Gasteiger partial charge in [0.25, 0.3) is 0 Å². The summed E-state index contributed by atoms with van der Waals surface area (Å²) in [6, 6.07) is 3.65. The van der Waals surface area contributed by atoms with Crippen LogP contribution in [0.5, 0.6) is 11.5 Å². The number of imidazole rings is 1. The highest BCUT2D eigenvalue weighted by Crippen LogP contribution is 2.38. The smallest absolute Gasteiger partial charge is 0.329 e. The second kappa shape index (κ2) is 4.90. The zero-order chi connectivity index (χ0) is 16.1. The largest absolute Gasteiger partial charge is 0.486 e. The molecule has 0 unspecified atom stereocenters. The normalized spacial score (nSPS) is 14.6. The highest BCUT2D eigenvalue weighted by atomic mass is 16.6. The molecule has 0 radical (unpaired) electrons. The van der Waals surface area contributed by atoms with Crippen molar-refractivity contribution in [2.45, 2.75) is 39.2 Å². The van der Waals surface area contributed by atoms with Crippen LogP contribution in [0.25, 0.3) is 11.0 Å². The van der Waals surface area contributed by atoms with Gasteiger partial charge in [0.2, 0.25) is 0 Å². The Labute approximate surface area is 128 Å². The number of hydrogen-bond donors (Lipinski definition) is 1. The molecule has 6 nitrogen and oxygen atoms in total. The zero-order valence-electron chi connectivity index (χ0n) is 13.2. The minimum absolute atomic E-state index is 0.102. The van der Waals surface area contributed by atoms with Gasteiger partial charge in [-0.2, -0.15) is 0 Å². The Morgan fingerprint density at radius 2 is 1.86 bits per heavy atom. The topological polar surface area (TPSA) is 73.6 Å². The first-order valence-corrected chi connectivity index (χ1v) is 7.38. The Morgan fingerprint density at radius 1 is 1.27 bits per heavy atom. The Morgan fingerprint density at radius 3 is 2.41 bits per heavy atom. The lowest BCUT2D eigenvalue weighted by molar-refractivity contribution is -0.145. The predicted octanol–water partition coefficient (Wildman–Crippen LogP) is 2.75. The van der Waals surface area contributed by atoms with Gasteiger partial charge < -0.3 is 19.1 Å². The Kier molecular flexibility index (Phi) is 3.27. The molecule has 1 aromatic carbocycles. The molecule has 0 aliphatic carbocycles. The molecular formula is C16H20N2O4. The molecule has 1 N–H and O–H groups in total. The Hall–Kier alpha value is -2.24. The number of carboxylic acid groups (broad SMARTS) is 1. The van der Waals surface area contributed by atoms with Crippen molar-refractivity contribution in [2.75, 3.05) is 13.2 Å². The van der Waals surface area contributed by atoms with E-state index >= 15 is 0 Å². The molecule has 2 heterocycles. The number of benzene rings is 1. The average Bonchev–Trinajstić information content (AvgIpc) is 2.83. The van der Waals surface area contributed by atoms with E-state index in [0.717, 1.165) is 16.9 Å². The highest BCUT2D eigenvalue weighted by Gasteiger charge is 2.34. The molecule has 0 fully saturated rings. The van der Waals surface area contributed by atoms with E-state index in [1.807, 2.05) is 26.0 Å². The summed E-state index contributed by atoms with van der Waals surface area (Å²) >= 11 is 0. The van der Waals surface area contributed by atoms with Crippen molar-refractivity contribution in [3.63, 3.8) is 0 Å². The van der Waals surface area contributed by atoms with E-state index in [1.54, 1.807) is 18.4 Å². The van der Waals surface area contributed by atoms with E-state index in [1.165, 1.54) is 0 Å². The monoisotopic (exact) mass is 304 g/mol. The van der Waals surface area contributed by atoms with Crippen LogP contribution in [0.2, 0.25) is 0 Å². The molecule has 6 heteroatoms. The van der Waals surface area contributed by atoms with Crippen LogP contribution in [0.3, 0.4) is 0 Å². The van der Waals surface area contributed by atoms with Gasteiger partial charge in [0.15, 0.2) is 11.5 Å². The molecule has 1 aliphatic rings. The van der Waals surface area contributed by atoms with Gasteiger partial charge in [0.1, 0.15) is 24.6 Å². The third kappa shape index (κ3) is 2.10. The third-order valence-electron chi connectivity index (χ3n) is 3.94. The number of carbonyl (C=O) groups is 1. The van der Waals surface area contributed by atoms with Crippen molar-refractivity contribution < 1.29 is 19.4 Å². The maximum Gasteiger partial charge on any atom is 0.329 e. The molecule has 0 amide bonds. The van der Waals surface area contributed by atoms with Gasteiger partial charge in [-0.05, 0) is 13.8 Å². The lowest BCUT2D eigenvalue weighted by Crippen LogP contribution is -2.37. The number of hydrogen-bond acceptors (Lipinski definition) is 4. The van der Waals surface area contributed by atoms with Crippen LogP contribution in [-0.2, 0) is 10.3 Å². The number of ether oxygens (including phenoxy) is 2. The molecule has 22 heavy (non-hydrogen) atoms. The van der Waals surface area contributed by atoms with Crippen molar-refractivity contribution in [3.8, 4) is 11.5 Å². The molecule has 1 aromatic heterocycles. The minimum Gasteiger partial charge on any atom is -0.486 e. The van der Waals surface area contributed by atoms with Crippen LogP contribution in [0.1, 0.15) is 39.4 Å². The fraction of sp³-hybridized carbons (Fsp3) is 0.500. The van der Waals surface area contributed by atoms with Gasteiger partial charge in [-0.1, -0.05) is 13.8 Å². The van der Waals surface area contributed by atoms with E-state index < -0.39 is 11.5 Å². The van der Waals surface area contributed by atoms with Crippen molar-refractivity contribution in [3.05, 3.63) is 18.0 Å². The van der Waals surface area contributed by atoms with Crippen molar-refractivity contribution in [2.24, 2.45) is 0 Å². The first-order chi connectivity index (χ1) is 10.3. The first kappa shape index (κ1) is 14.7. The van der Waals surface area contributed by atoms with Crippen LogP contribution >= 0.6 is 0 Å². The van der Waals surface area contributed by atoms with Gasteiger partial charge in [-0.25, -0.2) is 9.78 Å². The summed E-state index contributed by atoms with van der Waals surface area (Å²) in [5.41, 5.74) is 0.376. The fourth-order valence-corrected chi connectivity index (χ4v) is 2.70. The summed E-state index contributed by atoms with van der Waals surface area (Å²) in [6.07, 6.45) is 0. The molecule has 2 aromatic rings. The molecule has 0 atom stereocenters. The number of aromatic nitrogens is 2. The third-order valence-corrected chi connectivity index (χ3v) is 3.94. The molecule has 1 aliphatic heterocycles. The zero-order valence-corrected chi connectivity index (χ0v) is 13.2. The number of aliphatic carboxylic acids is 1. The summed E-state index contributed by atoms with van der Waals surface area (Å²) in [6.45, 7) is 8.37. The molecule has 0 bridgehead atoms. The van der Waals surface area contributed by atoms with Crippen molar-refractivity contribution in [1.29, 1.82) is 0 Å². The van der Waals surface area contributed by atoms with Crippen LogP contribution in [0.15, 0.2) is 12.1 Å². The number of carboxylic acids is 1. The van der Waals surface area contributed by atoms with Gasteiger partial charge in [-0.3, -0.25) is 0 Å². The van der Waals surface area contributed by atoms with Gasteiger partial charge >= 0.3 is 5.97 Å². The van der Waals surface area contributed by atoms with Crippen LogP contribution < -0.4 is 9.47 Å². The second-order valence-corrected chi connectivity index (χ2v) is 6.31. The highest BCUT2D eigenvalue weighted by molar-refractivity contribution is 5.85. The second-order valence-electron chi connectivity index (χ2n) is 6.31. The maximum absolute atomic E-state index is 11.7. The standard InChI is InChI=1S/C16H20N2O4/c1-9(2)14-17-10-7-12-13(22-6-5-21-12)8-11(10)18(14)16(3,4)15(19)20/h7-9H,5-6H2,1-4H3,(H,19,20). The average molecular weight is 304 g/mol. The minimum atomic E-state index is -1.10. The maximum atomic E-state index is 11.7. The van der Waals surface area contributed by atoms with Crippen LogP contribution in [0.4, 0.5) is 0 Å². The number of rotatable bonds is 3. The fourth-order valence-electron chi connectivity index (χ4n) is 2.70. The van der Waals surface area contributed by atoms with Crippen molar-refractivity contribution >= 4 is 17.0 Å². The number of fused-ring (bicyclic) bond motifs is 2. The Balaban J connectivity index is 2.32. The molecule has 3 rings (SSSR count). The summed E-state index contributed by atoms with van der Waals surface area (Å²) in [5.74, 6) is 1.24. The van der Waals surface area contributed by atoms with Gasteiger partial charge in [0, 0.05) is 18.1 Å². The summed E-state index contributed by atoms with van der Waals surface area (Å²) in [4.78, 5) is 16.4. The lowest BCUT2D eigenvalue weighted by Gasteiger charge is -2.26. The molecule has 0 spiro atoms. The van der Waals surface area contributed by atoms with Crippen LogP contribution in [-0.4, -0.2) is 33.8 Å². The summed E-state index contributed by atoms with van der Waals surface area (Å²) < 4.78 is 13.0.